The average Bonchev–Trinajstić information content (AvgIpc) is 2.83. The molecular weight excluding hydrogens is 246 g/mol. The van der Waals surface area contributed by atoms with Crippen molar-refractivity contribution in [1.82, 2.24) is 15.5 Å². The Morgan fingerprint density at radius 2 is 1.95 bits per heavy atom. The normalized spacial score (nSPS) is 22.5. The summed E-state index contributed by atoms with van der Waals surface area (Å²) in [6.07, 6.45) is 2.27. The summed E-state index contributed by atoms with van der Waals surface area (Å²) >= 11 is 0. The Kier molecular flexibility index (Phi) is 6.62. The molecule has 2 unspecified atom stereocenters. The third-order valence-corrected chi connectivity index (χ3v) is 3.76. The van der Waals surface area contributed by atoms with Crippen molar-refractivity contribution in [1.29, 1.82) is 0 Å². The van der Waals surface area contributed by atoms with Gasteiger partial charge in [-0.25, -0.2) is 4.79 Å². The number of amides is 2. The van der Waals surface area contributed by atoms with Crippen LogP contribution in [0.5, 0.6) is 0 Å². The van der Waals surface area contributed by atoms with E-state index in [1.807, 2.05) is 0 Å². The number of hydrogen-bond acceptors (Lipinski definition) is 3. The van der Waals surface area contributed by atoms with Crippen LogP contribution in [0.2, 0.25) is 0 Å². The first-order chi connectivity index (χ1) is 9.08. The van der Waals surface area contributed by atoms with Crippen LogP contribution in [0.1, 0.15) is 33.1 Å². The minimum atomic E-state index is -0.814. The number of urea groups is 1. The molecule has 1 aliphatic rings. The summed E-state index contributed by atoms with van der Waals surface area (Å²) in [4.78, 5) is 24.9. The second kappa shape index (κ2) is 7.99. The van der Waals surface area contributed by atoms with Gasteiger partial charge in [-0.15, -0.1) is 0 Å². The van der Waals surface area contributed by atoms with E-state index in [1.54, 1.807) is 0 Å². The van der Waals surface area contributed by atoms with E-state index in [0.717, 1.165) is 32.5 Å². The zero-order valence-electron chi connectivity index (χ0n) is 11.8. The molecule has 2 amide bonds. The van der Waals surface area contributed by atoms with E-state index in [-0.39, 0.29) is 12.1 Å². The molecule has 0 radical (unpaired) electrons. The van der Waals surface area contributed by atoms with Crippen molar-refractivity contribution in [2.75, 3.05) is 26.2 Å². The molecule has 0 saturated heterocycles. The Bertz CT molecular complexity index is 306. The monoisotopic (exact) mass is 271 g/mol. The van der Waals surface area contributed by atoms with E-state index in [0.29, 0.717) is 13.0 Å². The van der Waals surface area contributed by atoms with Crippen LogP contribution in [0.4, 0.5) is 4.79 Å². The fourth-order valence-electron chi connectivity index (χ4n) is 2.52. The quantitative estimate of drug-likeness (QED) is 0.642. The molecule has 1 fully saturated rings. The van der Waals surface area contributed by atoms with Gasteiger partial charge in [0.05, 0.1) is 5.92 Å². The minimum absolute atomic E-state index is 0.231. The minimum Gasteiger partial charge on any atom is -0.481 e. The summed E-state index contributed by atoms with van der Waals surface area (Å²) in [5, 5.41) is 14.6. The zero-order chi connectivity index (χ0) is 14.3. The van der Waals surface area contributed by atoms with E-state index in [4.69, 9.17) is 5.11 Å². The lowest BCUT2D eigenvalue weighted by Gasteiger charge is -2.20. The lowest BCUT2D eigenvalue weighted by molar-refractivity contribution is -0.142. The Balaban J connectivity index is 2.25. The third-order valence-electron chi connectivity index (χ3n) is 3.76. The van der Waals surface area contributed by atoms with Crippen molar-refractivity contribution in [3.63, 3.8) is 0 Å². The smallest absolute Gasteiger partial charge is 0.315 e. The number of carbonyl (C=O) groups is 2. The molecular formula is C13H25N3O3. The summed E-state index contributed by atoms with van der Waals surface area (Å²) < 4.78 is 0. The van der Waals surface area contributed by atoms with Crippen LogP contribution in [0.15, 0.2) is 0 Å². The van der Waals surface area contributed by atoms with Gasteiger partial charge in [0, 0.05) is 19.1 Å². The van der Waals surface area contributed by atoms with Crippen molar-refractivity contribution in [3.05, 3.63) is 0 Å². The van der Waals surface area contributed by atoms with Crippen molar-refractivity contribution in [2.45, 2.75) is 39.2 Å². The number of aliphatic carboxylic acids is 1. The molecule has 0 aromatic rings. The van der Waals surface area contributed by atoms with E-state index in [9.17, 15) is 9.59 Å². The molecule has 1 rings (SSSR count). The van der Waals surface area contributed by atoms with Crippen molar-refractivity contribution in [2.24, 2.45) is 5.92 Å². The second-order valence-corrected chi connectivity index (χ2v) is 4.91. The van der Waals surface area contributed by atoms with Gasteiger partial charge in [0.25, 0.3) is 0 Å². The van der Waals surface area contributed by atoms with Gasteiger partial charge in [-0.05, 0) is 25.9 Å². The average molecular weight is 271 g/mol. The van der Waals surface area contributed by atoms with Gasteiger partial charge >= 0.3 is 12.0 Å². The Labute approximate surface area is 114 Å². The van der Waals surface area contributed by atoms with Gasteiger partial charge < -0.3 is 20.6 Å². The number of carbonyl (C=O) groups excluding carboxylic acids is 1. The number of carboxylic acid groups (broad SMARTS) is 1. The highest BCUT2D eigenvalue weighted by Gasteiger charge is 2.33. The van der Waals surface area contributed by atoms with Crippen molar-refractivity contribution < 1.29 is 14.7 Å². The van der Waals surface area contributed by atoms with Gasteiger partial charge in [0.1, 0.15) is 0 Å². The fraction of sp³-hybridized carbons (Fsp3) is 0.846. The topological polar surface area (TPSA) is 81.7 Å². The maximum Gasteiger partial charge on any atom is 0.315 e. The molecule has 1 aliphatic carbocycles. The maximum absolute atomic E-state index is 11.7. The Hall–Kier alpha value is -1.30. The number of rotatable bonds is 7. The summed E-state index contributed by atoms with van der Waals surface area (Å²) in [7, 11) is 0. The number of likely N-dealkylation sites (N-methyl/N-ethyl adjacent to an activating group) is 1. The molecule has 0 bridgehead atoms. The van der Waals surface area contributed by atoms with E-state index < -0.39 is 11.9 Å². The Morgan fingerprint density at radius 3 is 2.53 bits per heavy atom. The first kappa shape index (κ1) is 15.8. The summed E-state index contributed by atoms with van der Waals surface area (Å²) in [6.45, 7) is 7.48. The molecule has 3 N–H and O–H groups in total. The highest BCUT2D eigenvalue weighted by molar-refractivity contribution is 5.77. The molecule has 1 saturated carbocycles. The summed E-state index contributed by atoms with van der Waals surface area (Å²) in [5.74, 6) is -1.25. The van der Waals surface area contributed by atoms with Gasteiger partial charge in [0.15, 0.2) is 0 Å². The molecule has 19 heavy (non-hydrogen) atoms. The standard InChI is InChI=1S/C13H25N3O3/c1-3-16(4-2)9-8-14-13(19)15-11-7-5-6-10(11)12(17)18/h10-11H,3-9H2,1-2H3,(H,17,18)(H2,14,15,19). The van der Waals surface area contributed by atoms with E-state index >= 15 is 0 Å². The highest BCUT2D eigenvalue weighted by atomic mass is 16.4. The Morgan fingerprint density at radius 1 is 1.26 bits per heavy atom. The van der Waals surface area contributed by atoms with Gasteiger partial charge in [-0.2, -0.15) is 0 Å². The summed E-state index contributed by atoms with van der Waals surface area (Å²) in [6, 6.07) is -0.490. The van der Waals surface area contributed by atoms with Gasteiger partial charge in [-0.1, -0.05) is 20.3 Å². The highest BCUT2D eigenvalue weighted by Crippen LogP contribution is 2.25. The molecule has 0 spiro atoms. The molecule has 0 aromatic carbocycles. The van der Waals surface area contributed by atoms with Gasteiger partial charge in [0.2, 0.25) is 0 Å². The summed E-state index contributed by atoms with van der Waals surface area (Å²) in [5.41, 5.74) is 0. The molecule has 0 aromatic heterocycles. The SMILES string of the molecule is CCN(CC)CCNC(=O)NC1CCCC1C(=O)O. The molecule has 0 aliphatic heterocycles. The van der Waals surface area contributed by atoms with Crippen LogP contribution in [0, 0.1) is 5.92 Å². The lowest BCUT2D eigenvalue weighted by Crippen LogP contribution is -2.47. The number of nitrogens with zero attached hydrogens (tertiary/aromatic N) is 1. The largest absolute Gasteiger partial charge is 0.481 e. The number of hydrogen-bond donors (Lipinski definition) is 3. The third kappa shape index (κ3) is 5.06. The zero-order valence-corrected chi connectivity index (χ0v) is 11.8. The predicted octanol–water partition coefficient (Wildman–Crippen LogP) is 0.881. The first-order valence-corrected chi connectivity index (χ1v) is 7.08. The number of nitrogens with one attached hydrogen (secondary N) is 2. The predicted molar refractivity (Wildman–Crippen MR) is 73.1 cm³/mol. The molecule has 110 valence electrons. The molecule has 6 nitrogen and oxygen atoms in total. The van der Waals surface area contributed by atoms with Crippen LogP contribution in [-0.4, -0.2) is 54.2 Å². The van der Waals surface area contributed by atoms with Crippen LogP contribution in [0.3, 0.4) is 0 Å². The van der Waals surface area contributed by atoms with Crippen molar-refractivity contribution >= 4 is 12.0 Å². The first-order valence-electron chi connectivity index (χ1n) is 7.08. The lowest BCUT2D eigenvalue weighted by atomic mass is 10.0. The number of carboxylic acids is 1. The van der Waals surface area contributed by atoms with Crippen LogP contribution < -0.4 is 10.6 Å². The van der Waals surface area contributed by atoms with Crippen LogP contribution in [0.25, 0.3) is 0 Å². The fourth-order valence-corrected chi connectivity index (χ4v) is 2.52. The van der Waals surface area contributed by atoms with Crippen LogP contribution >= 0.6 is 0 Å². The van der Waals surface area contributed by atoms with Crippen LogP contribution in [-0.2, 0) is 4.79 Å². The molecule has 0 heterocycles. The maximum atomic E-state index is 11.7. The van der Waals surface area contributed by atoms with Gasteiger partial charge in [-0.3, -0.25) is 4.79 Å². The molecule has 6 heteroatoms. The molecule has 2 atom stereocenters. The van der Waals surface area contributed by atoms with E-state index in [1.165, 1.54) is 0 Å². The van der Waals surface area contributed by atoms with Crippen molar-refractivity contribution in [3.8, 4) is 0 Å². The van der Waals surface area contributed by atoms with E-state index in [2.05, 4.69) is 29.4 Å². The second-order valence-electron chi connectivity index (χ2n) is 4.91.